The first-order chi connectivity index (χ1) is 7.15. The monoisotopic (exact) mass is 205 g/mol. The summed E-state index contributed by atoms with van der Waals surface area (Å²) in [7, 11) is 3.88. The van der Waals surface area contributed by atoms with Crippen LogP contribution in [0.15, 0.2) is 37.0 Å². The van der Waals surface area contributed by atoms with Gasteiger partial charge in [0.15, 0.2) is 12.6 Å². The van der Waals surface area contributed by atoms with Crippen molar-refractivity contribution in [3.63, 3.8) is 0 Å². The van der Waals surface area contributed by atoms with Crippen LogP contribution in [0.4, 0.5) is 0 Å². The number of rotatable bonds is 3. The first-order valence-electron chi connectivity index (χ1n) is 4.44. The zero-order chi connectivity index (χ0) is 11.7. The van der Waals surface area contributed by atoms with E-state index in [1.165, 1.54) is 0 Å². The minimum Gasteiger partial charge on any atom is -0.384 e. The summed E-state index contributed by atoms with van der Waals surface area (Å²) in [5.41, 5.74) is 0.884. The molecule has 0 unspecified atom stereocenters. The number of benzene rings is 1. The molecule has 1 rings (SSSR count). The van der Waals surface area contributed by atoms with E-state index in [-0.39, 0.29) is 0 Å². The third-order valence-electron chi connectivity index (χ3n) is 1.62. The summed E-state index contributed by atoms with van der Waals surface area (Å²) in [6.45, 7) is 3.49. The van der Waals surface area contributed by atoms with E-state index >= 15 is 0 Å². The normalized spacial score (nSPS) is 8.13. The molecule has 0 aromatic heterocycles. The Morgan fingerprint density at radius 1 is 1.07 bits per heavy atom. The van der Waals surface area contributed by atoms with Crippen molar-refractivity contribution in [2.75, 3.05) is 14.1 Å². The molecule has 0 fully saturated rings. The van der Waals surface area contributed by atoms with Gasteiger partial charge in [-0.05, 0) is 6.20 Å². The van der Waals surface area contributed by atoms with Crippen molar-refractivity contribution in [2.24, 2.45) is 0 Å². The van der Waals surface area contributed by atoms with E-state index in [0.717, 1.165) is 0 Å². The summed E-state index contributed by atoms with van der Waals surface area (Å²) in [6, 6.07) is 6.65. The molecule has 0 aliphatic rings. The van der Waals surface area contributed by atoms with Crippen LogP contribution in [0, 0.1) is 0 Å². The van der Waals surface area contributed by atoms with Crippen molar-refractivity contribution in [1.29, 1.82) is 0 Å². The highest BCUT2D eigenvalue weighted by Crippen LogP contribution is 2.01. The molecule has 0 N–H and O–H groups in total. The standard InChI is InChI=1S/C8H6O2.C4H9N/c9-5-7-3-1-2-4-8(7)6-10;1-4-5(2)3/h1-6H;4H,1H2,2-3H3. The fourth-order valence-electron chi connectivity index (χ4n) is 0.726. The van der Waals surface area contributed by atoms with E-state index in [2.05, 4.69) is 6.58 Å². The molecule has 0 saturated heterocycles. The minimum atomic E-state index is 0.442. The van der Waals surface area contributed by atoms with Crippen LogP contribution >= 0.6 is 0 Å². The third kappa shape index (κ3) is 5.41. The summed E-state index contributed by atoms with van der Waals surface area (Å²) in [6.07, 6.45) is 3.09. The molecule has 0 spiro atoms. The molecule has 3 nitrogen and oxygen atoms in total. The Kier molecular flexibility index (Phi) is 6.55. The van der Waals surface area contributed by atoms with Gasteiger partial charge >= 0.3 is 0 Å². The average molecular weight is 205 g/mol. The maximum Gasteiger partial charge on any atom is 0.150 e. The highest BCUT2D eigenvalue weighted by atomic mass is 16.1. The van der Waals surface area contributed by atoms with Crippen LogP contribution in [0.3, 0.4) is 0 Å². The fourth-order valence-corrected chi connectivity index (χ4v) is 0.726. The number of hydrogen-bond donors (Lipinski definition) is 0. The zero-order valence-electron chi connectivity index (χ0n) is 9.01. The Morgan fingerprint density at radius 3 is 1.60 bits per heavy atom. The Balaban J connectivity index is 0.000000336. The van der Waals surface area contributed by atoms with Gasteiger partial charge in [-0.25, -0.2) is 0 Å². The molecule has 0 aliphatic carbocycles. The maximum absolute atomic E-state index is 10.2. The Bertz CT molecular complexity index is 305. The second-order valence-corrected chi connectivity index (χ2v) is 3.01. The molecule has 80 valence electrons. The van der Waals surface area contributed by atoms with Crippen LogP contribution in [0.2, 0.25) is 0 Å². The van der Waals surface area contributed by atoms with Gasteiger partial charge in [-0.2, -0.15) is 0 Å². The molecule has 0 aliphatic heterocycles. The zero-order valence-corrected chi connectivity index (χ0v) is 9.01. The Labute approximate surface area is 90.0 Å². The molecule has 1 aromatic rings. The molecule has 0 heterocycles. The Morgan fingerprint density at radius 2 is 1.40 bits per heavy atom. The van der Waals surface area contributed by atoms with Gasteiger partial charge in [0.05, 0.1) is 0 Å². The quantitative estimate of drug-likeness (QED) is 0.708. The van der Waals surface area contributed by atoms with Gasteiger partial charge in [0.2, 0.25) is 0 Å². The summed E-state index contributed by atoms with van der Waals surface area (Å²) in [5.74, 6) is 0. The summed E-state index contributed by atoms with van der Waals surface area (Å²) in [5, 5.41) is 0. The minimum absolute atomic E-state index is 0.442. The third-order valence-corrected chi connectivity index (χ3v) is 1.62. The lowest BCUT2D eigenvalue weighted by molar-refractivity contribution is 0.109. The van der Waals surface area contributed by atoms with Crippen molar-refractivity contribution in [2.45, 2.75) is 0 Å². The molecular formula is C12H15NO2. The maximum atomic E-state index is 10.2. The predicted molar refractivity (Wildman–Crippen MR) is 61.1 cm³/mol. The summed E-state index contributed by atoms with van der Waals surface area (Å²) >= 11 is 0. The van der Waals surface area contributed by atoms with Crippen LogP contribution in [-0.4, -0.2) is 31.6 Å². The largest absolute Gasteiger partial charge is 0.384 e. The Hall–Kier alpha value is -1.90. The van der Waals surface area contributed by atoms with Crippen LogP contribution < -0.4 is 0 Å². The van der Waals surface area contributed by atoms with Gasteiger partial charge < -0.3 is 4.90 Å². The highest BCUT2D eigenvalue weighted by Gasteiger charge is 1.95. The van der Waals surface area contributed by atoms with Gasteiger partial charge in [-0.3, -0.25) is 9.59 Å². The number of aldehydes is 2. The van der Waals surface area contributed by atoms with Crippen LogP contribution in [0.5, 0.6) is 0 Å². The molecule has 0 saturated carbocycles. The molecule has 1 aromatic carbocycles. The summed E-state index contributed by atoms with van der Waals surface area (Å²) < 4.78 is 0. The van der Waals surface area contributed by atoms with E-state index in [1.807, 2.05) is 19.0 Å². The van der Waals surface area contributed by atoms with Crippen LogP contribution in [0.25, 0.3) is 0 Å². The molecule has 0 atom stereocenters. The molecule has 0 bridgehead atoms. The van der Waals surface area contributed by atoms with E-state index < -0.39 is 0 Å². The van der Waals surface area contributed by atoms with Gasteiger partial charge in [-0.15, -0.1) is 0 Å². The van der Waals surface area contributed by atoms with E-state index in [4.69, 9.17) is 0 Å². The lowest BCUT2D eigenvalue weighted by Gasteiger charge is -1.98. The number of nitrogens with zero attached hydrogens (tertiary/aromatic N) is 1. The van der Waals surface area contributed by atoms with Crippen molar-refractivity contribution in [1.82, 2.24) is 4.90 Å². The predicted octanol–water partition coefficient (Wildman–Crippen LogP) is 2.00. The first kappa shape index (κ1) is 13.1. The van der Waals surface area contributed by atoms with Crippen LogP contribution in [0.1, 0.15) is 20.7 Å². The van der Waals surface area contributed by atoms with E-state index in [0.29, 0.717) is 23.7 Å². The molecule has 3 heteroatoms. The van der Waals surface area contributed by atoms with E-state index in [1.54, 1.807) is 30.5 Å². The molecule has 0 radical (unpaired) electrons. The second kappa shape index (κ2) is 7.50. The van der Waals surface area contributed by atoms with Crippen molar-refractivity contribution in [3.05, 3.63) is 48.2 Å². The van der Waals surface area contributed by atoms with Crippen molar-refractivity contribution in [3.8, 4) is 0 Å². The summed E-state index contributed by atoms with van der Waals surface area (Å²) in [4.78, 5) is 22.3. The van der Waals surface area contributed by atoms with E-state index in [9.17, 15) is 9.59 Å². The van der Waals surface area contributed by atoms with Crippen molar-refractivity contribution < 1.29 is 9.59 Å². The number of carbonyl (C=O) groups excluding carboxylic acids is 2. The number of hydrogen-bond acceptors (Lipinski definition) is 3. The number of carbonyl (C=O) groups is 2. The molecule has 0 amide bonds. The second-order valence-electron chi connectivity index (χ2n) is 3.01. The van der Waals surface area contributed by atoms with Crippen LogP contribution in [-0.2, 0) is 0 Å². The topological polar surface area (TPSA) is 37.4 Å². The molecular weight excluding hydrogens is 190 g/mol. The van der Waals surface area contributed by atoms with Gasteiger partial charge in [0.25, 0.3) is 0 Å². The molecule has 15 heavy (non-hydrogen) atoms. The first-order valence-corrected chi connectivity index (χ1v) is 4.44. The highest BCUT2D eigenvalue weighted by molar-refractivity contribution is 5.89. The van der Waals surface area contributed by atoms with Gasteiger partial charge in [0, 0.05) is 25.2 Å². The van der Waals surface area contributed by atoms with Gasteiger partial charge in [0.1, 0.15) is 0 Å². The lowest BCUT2D eigenvalue weighted by Crippen LogP contribution is -1.97. The lowest BCUT2D eigenvalue weighted by atomic mass is 10.1. The fraction of sp³-hybridized carbons (Fsp3) is 0.167. The van der Waals surface area contributed by atoms with Crippen molar-refractivity contribution >= 4 is 12.6 Å². The van der Waals surface area contributed by atoms with Gasteiger partial charge in [-0.1, -0.05) is 30.8 Å². The SMILES string of the molecule is C=CN(C)C.O=Cc1ccccc1C=O. The smallest absolute Gasteiger partial charge is 0.150 e. The average Bonchev–Trinajstić information content (AvgIpc) is 2.29.